The third-order valence-corrected chi connectivity index (χ3v) is 2.96. The average molecular weight is 236 g/mol. The first-order valence-electron chi connectivity index (χ1n) is 6.37. The molecule has 0 aliphatic carbocycles. The second-order valence-electron chi connectivity index (χ2n) is 5.18. The van der Waals surface area contributed by atoms with Gasteiger partial charge in [0.2, 0.25) is 0 Å². The molecule has 0 unspecified atom stereocenters. The predicted molar refractivity (Wildman–Crippen MR) is 80.8 cm³/mol. The molecule has 0 fully saturated rings. The molecule has 0 radical (unpaired) electrons. The Morgan fingerprint density at radius 2 is 0.778 bits per heavy atom. The predicted octanol–water partition coefficient (Wildman–Crippen LogP) is 5.09. The van der Waals surface area contributed by atoms with Gasteiger partial charge < -0.3 is 0 Å². The van der Waals surface area contributed by atoms with Crippen molar-refractivity contribution in [3.05, 3.63) is 69.8 Å². The van der Waals surface area contributed by atoms with Gasteiger partial charge in [-0.3, -0.25) is 0 Å². The van der Waals surface area contributed by atoms with Crippen LogP contribution in [-0.2, 0) is 0 Å². The van der Waals surface area contributed by atoms with Crippen LogP contribution in [0.25, 0.3) is 12.2 Å². The van der Waals surface area contributed by atoms with Crippen LogP contribution in [0.1, 0.15) is 33.4 Å². The van der Waals surface area contributed by atoms with E-state index in [1.807, 2.05) is 0 Å². The van der Waals surface area contributed by atoms with Gasteiger partial charge in [0.1, 0.15) is 0 Å². The summed E-state index contributed by atoms with van der Waals surface area (Å²) in [5, 5.41) is 0. The van der Waals surface area contributed by atoms with Gasteiger partial charge in [-0.1, -0.05) is 70.8 Å². The summed E-state index contributed by atoms with van der Waals surface area (Å²) in [4.78, 5) is 0. The molecule has 0 N–H and O–H groups in total. The van der Waals surface area contributed by atoms with Crippen LogP contribution in [0.15, 0.2) is 36.4 Å². The first kappa shape index (κ1) is 12.6. The minimum atomic E-state index is 1.27. The molecule has 0 saturated carbocycles. The molecule has 92 valence electrons. The van der Waals surface area contributed by atoms with E-state index < -0.39 is 0 Å². The van der Waals surface area contributed by atoms with Crippen LogP contribution in [0.2, 0.25) is 0 Å². The Balaban J connectivity index is 2.29. The summed E-state index contributed by atoms with van der Waals surface area (Å²) in [5.41, 5.74) is 7.80. The molecule has 0 atom stereocenters. The SMILES string of the molecule is Cc1cc(C)cc(/C=C/c2cc(C)cc(C)c2)c1. The van der Waals surface area contributed by atoms with Crippen molar-refractivity contribution in [2.24, 2.45) is 0 Å². The van der Waals surface area contributed by atoms with E-state index in [0.29, 0.717) is 0 Å². The molecule has 0 aliphatic heterocycles. The Hall–Kier alpha value is -1.82. The van der Waals surface area contributed by atoms with Crippen LogP contribution >= 0.6 is 0 Å². The van der Waals surface area contributed by atoms with Gasteiger partial charge in [0.15, 0.2) is 0 Å². The largest absolute Gasteiger partial charge is 0.0563 e. The van der Waals surface area contributed by atoms with Crippen LogP contribution in [0, 0.1) is 27.7 Å². The smallest absolute Gasteiger partial charge is 0.0251 e. The number of hydrogen-bond acceptors (Lipinski definition) is 0. The molecule has 2 aromatic carbocycles. The molecule has 0 aliphatic rings. The fourth-order valence-electron chi connectivity index (χ4n) is 2.40. The summed E-state index contributed by atoms with van der Waals surface area (Å²) in [6.45, 7) is 8.56. The van der Waals surface area contributed by atoms with E-state index in [9.17, 15) is 0 Å². The van der Waals surface area contributed by atoms with E-state index in [1.54, 1.807) is 0 Å². The topological polar surface area (TPSA) is 0 Å². The Labute approximate surface area is 110 Å². The summed E-state index contributed by atoms with van der Waals surface area (Å²) in [5.74, 6) is 0. The van der Waals surface area contributed by atoms with E-state index in [1.165, 1.54) is 33.4 Å². The molecule has 0 amide bonds. The number of rotatable bonds is 2. The minimum Gasteiger partial charge on any atom is -0.0563 e. The third kappa shape index (κ3) is 3.33. The summed E-state index contributed by atoms with van der Waals surface area (Å²) in [7, 11) is 0. The molecule has 0 heterocycles. The number of benzene rings is 2. The maximum Gasteiger partial charge on any atom is -0.0251 e. The maximum atomic E-state index is 2.21. The fourth-order valence-corrected chi connectivity index (χ4v) is 2.40. The van der Waals surface area contributed by atoms with Crippen LogP contribution in [0.3, 0.4) is 0 Å². The molecule has 2 aromatic rings. The van der Waals surface area contributed by atoms with Crippen molar-refractivity contribution in [3.8, 4) is 0 Å². The standard InChI is InChI=1S/C18H20/c1-13-7-14(2)10-17(9-13)5-6-18-11-15(3)8-16(4)12-18/h5-12H,1-4H3/b6-5+. The Morgan fingerprint density at radius 3 is 1.06 bits per heavy atom. The monoisotopic (exact) mass is 236 g/mol. The summed E-state index contributed by atoms with van der Waals surface area (Å²) < 4.78 is 0. The number of aryl methyl sites for hydroxylation is 4. The van der Waals surface area contributed by atoms with Gasteiger partial charge in [0.05, 0.1) is 0 Å². The molecule has 0 aromatic heterocycles. The van der Waals surface area contributed by atoms with Crippen LogP contribution in [-0.4, -0.2) is 0 Å². The van der Waals surface area contributed by atoms with Crippen molar-refractivity contribution in [1.82, 2.24) is 0 Å². The Morgan fingerprint density at radius 1 is 0.500 bits per heavy atom. The Bertz CT molecular complexity index is 495. The van der Waals surface area contributed by atoms with Crippen LogP contribution in [0.4, 0.5) is 0 Å². The van der Waals surface area contributed by atoms with Crippen molar-refractivity contribution in [2.45, 2.75) is 27.7 Å². The third-order valence-electron chi connectivity index (χ3n) is 2.96. The first-order valence-corrected chi connectivity index (χ1v) is 6.37. The van der Waals surface area contributed by atoms with Crippen molar-refractivity contribution < 1.29 is 0 Å². The fraction of sp³-hybridized carbons (Fsp3) is 0.222. The molecule has 0 heteroatoms. The zero-order valence-corrected chi connectivity index (χ0v) is 11.6. The lowest BCUT2D eigenvalue weighted by Gasteiger charge is -2.02. The van der Waals surface area contributed by atoms with Crippen molar-refractivity contribution in [3.63, 3.8) is 0 Å². The molecular formula is C18H20. The van der Waals surface area contributed by atoms with Gasteiger partial charge >= 0.3 is 0 Å². The van der Waals surface area contributed by atoms with Crippen LogP contribution in [0.5, 0.6) is 0 Å². The first-order chi connectivity index (χ1) is 8.52. The van der Waals surface area contributed by atoms with Gasteiger partial charge in [-0.05, 0) is 38.8 Å². The molecule has 0 saturated heterocycles. The van der Waals surface area contributed by atoms with Crippen molar-refractivity contribution in [1.29, 1.82) is 0 Å². The van der Waals surface area contributed by atoms with Crippen molar-refractivity contribution >= 4 is 12.2 Å². The lowest BCUT2D eigenvalue weighted by Crippen LogP contribution is -1.82. The van der Waals surface area contributed by atoms with Crippen LogP contribution < -0.4 is 0 Å². The van der Waals surface area contributed by atoms with Gasteiger partial charge in [-0.15, -0.1) is 0 Å². The van der Waals surface area contributed by atoms with E-state index in [0.717, 1.165) is 0 Å². The highest BCUT2D eigenvalue weighted by Gasteiger charge is 1.94. The van der Waals surface area contributed by atoms with Gasteiger partial charge in [0, 0.05) is 0 Å². The summed E-state index contributed by atoms with van der Waals surface area (Å²) >= 11 is 0. The molecule has 2 rings (SSSR count). The van der Waals surface area contributed by atoms with E-state index in [4.69, 9.17) is 0 Å². The normalized spacial score (nSPS) is 11.1. The molecule has 18 heavy (non-hydrogen) atoms. The van der Waals surface area contributed by atoms with E-state index >= 15 is 0 Å². The number of hydrogen-bond donors (Lipinski definition) is 0. The van der Waals surface area contributed by atoms with E-state index in [-0.39, 0.29) is 0 Å². The highest BCUT2D eigenvalue weighted by atomic mass is 14.0. The second-order valence-corrected chi connectivity index (χ2v) is 5.18. The van der Waals surface area contributed by atoms with Gasteiger partial charge in [-0.25, -0.2) is 0 Å². The summed E-state index contributed by atoms with van der Waals surface area (Å²) in [6, 6.07) is 13.3. The van der Waals surface area contributed by atoms with E-state index in [2.05, 4.69) is 76.2 Å². The molecule has 0 spiro atoms. The maximum absolute atomic E-state index is 2.21. The summed E-state index contributed by atoms with van der Waals surface area (Å²) in [6.07, 6.45) is 4.38. The highest BCUT2D eigenvalue weighted by molar-refractivity contribution is 5.70. The minimum absolute atomic E-state index is 1.27. The van der Waals surface area contributed by atoms with Crippen molar-refractivity contribution in [2.75, 3.05) is 0 Å². The van der Waals surface area contributed by atoms with Gasteiger partial charge in [0.25, 0.3) is 0 Å². The molecule has 0 nitrogen and oxygen atoms in total. The second kappa shape index (κ2) is 5.22. The lowest BCUT2D eigenvalue weighted by molar-refractivity contribution is 1.37. The molecular weight excluding hydrogens is 216 g/mol. The quantitative estimate of drug-likeness (QED) is 0.637. The lowest BCUT2D eigenvalue weighted by atomic mass is 10.0. The average Bonchev–Trinajstić information content (AvgIpc) is 2.23. The molecule has 0 bridgehead atoms. The Kier molecular flexibility index (Phi) is 3.66. The zero-order chi connectivity index (χ0) is 13.1. The zero-order valence-electron chi connectivity index (χ0n) is 11.6. The van der Waals surface area contributed by atoms with Gasteiger partial charge in [-0.2, -0.15) is 0 Å². The highest BCUT2D eigenvalue weighted by Crippen LogP contribution is 2.15.